The molecule has 0 fully saturated rings. The SMILES string of the molecule is CN(CO)CC(N)O. The molecule has 4 heteroatoms. The van der Waals surface area contributed by atoms with E-state index in [4.69, 9.17) is 15.9 Å². The van der Waals surface area contributed by atoms with Crippen molar-refractivity contribution in [3.05, 3.63) is 0 Å². The third-order valence-corrected chi connectivity index (χ3v) is 0.740. The largest absolute Gasteiger partial charge is 0.381 e. The zero-order valence-electron chi connectivity index (χ0n) is 4.91. The number of nitrogens with two attached hydrogens (primary N) is 1. The van der Waals surface area contributed by atoms with Gasteiger partial charge in [0.1, 0.15) is 6.23 Å². The molecule has 0 amide bonds. The maximum atomic E-state index is 8.48. The summed E-state index contributed by atoms with van der Waals surface area (Å²) in [4.78, 5) is 1.50. The number of rotatable bonds is 3. The predicted octanol–water partition coefficient (Wildman–Crippen LogP) is -1.85. The Bertz CT molecular complexity index is 58.0. The van der Waals surface area contributed by atoms with Crippen molar-refractivity contribution in [3.8, 4) is 0 Å². The summed E-state index contributed by atoms with van der Waals surface area (Å²) in [5.41, 5.74) is 4.97. The molecule has 4 N–H and O–H groups in total. The molecular formula is C4H12N2O2. The third kappa shape index (κ3) is 4.01. The molecule has 0 aliphatic carbocycles. The number of hydrogen-bond donors (Lipinski definition) is 3. The number of likely N-dealkylation sites (N-methyl/N-ethyl adjacent to an activating group) is 1. The molecule has 8 heavy (non-hydrogen) atoms. The molecule has 4 nitrogen and oxygen atoms in total. The molecule has 0 bridgehead atoms. The van der Waals surface area contributed by atoms with Crippen molar-refractivity contribution in [2.24, 2.45) is 5.73 Å². The van der Waals surface area contributed by atoms with Crippen molar-refractivity contribution in [2.75, 3.05) is 20.3 Å². The normalized spacial score (nSPS) is 14.6. The van der Waals surface area contributed by atoms with Gasteiger partial charge in [-0.1, -0.05) is 0 Å². The molecule has 0 aliphatic rings. The van der Waals surface area contributed by atoms with Gasteiger partial charge in [-0.15, -0.1) is 0 Å². The van der Waals surface area contributed by atoms with Gasteiger partial charge in [0.05, 0.1) is 6.73 Å². The van der Waals surface area contributed by atoms with Crippen LogP contribution in [0.3, 0.4) is 0 Å². The molecule has 0 aliphatic heterocycles. The van der Waals surface area contributed by atoms with Crippen molar-refractivity contribution in [2.45, 2.75) is 6.23 Å². The van der Waals surface area contributed by atoms with E-state index in [2.05, 4.69) is 0 Å². The van der Waals surface area contributed by atoms with Crippen LogP contribution in [0.25, 0.3) is 0 Å². The minimum atomic E-state index is -0.854. The summed E-state index contributed by atoms with van der Waals surface area (Å²) < 4.78 is 0. The van der Waals surface area contributed by atoms with Crippen molar-refractivity contribution in [3.63, 3.8) is 0 Å². The number of hydrogen-bond acceptors (Lipinski definition) is 4. The molecule has 0 saturated carbocycles. The zero-order chi connectivity index (χ0) is 6.57. The van der Waals surface area contributed by atoms with Gasteiger partial charge in [0, 0.05) is 6.54 Å². The van der Waals surface area contributed by atoms with Crippen LogP contribution in [0.5, 0.6) is 0 Å². The number of aliphatic hydroxyl groups excluding tert-OH is 2. The van der Waals surface area contributed by atoms with E-state index in [9.17, 15) is 0 Å². The Morgan fingerprint density at radius 1 is 1.75 bits per heavy atom. The maximum Gasteiger partial charge on any atom is 0.115 e. The van der Waals surface area contributed by atoms with Crippen molar-refractivity contribution in [1.29, 1.82) is 0 Å². The zero-order valence-corrected chi connectivity index (χ0v) is 4.91. The van der Waals surface area contributed by atoms with Crippen LogP contribution in [-0.4, -0.2) is 41.7 Å². The van der Waals surface area contributed by atoms with Gasteiger partial charge in [-0.25, -0.2) is 0 Å². The summed E-state index contributed by atoms with van der Waals surface area (Å²) in [6.45, 7) is 0.227. The van der Waals surface area contributed by atoms with Gasteiger partial charge in [0.15, 0.2) is 0 Å². The topological polar surface area (TPSA) is 69.7 Å². The monoisotopic (exact) mass is 120 g/mol. The minimum absolute atomic E-state index is 0.0751. The van der Waals surface area contributed by atoms with Crippen LogP contribution in [0.4, 0.5) is 0 Å². The summed E-state index contributed by atoms with van der Waals surface area (Å²) in [5, 5.41) is 16.8. The Balaban J connectivity index is 3.10. The van der Waals surface area contributed by atoms with Crippen LogP contribution < -0.4 is 5.73 Å². The van der Waals surface area contributed by atoms with Crippen LogP contribution in [0, 0.1) is 0 Å². The molecule has 0 aromatic carbocycles. The molecule has 0 radical (unpaired) electrons. The summed E-state index contributed by atoms with van der Waals surface area (Å²) in [7, 11) is 1.66. The molecule has 1 atom stereocenters. The summed E-state index contributed by atoms with van der Waals surface area (Å²) in [6, 6.07) is 0. The molecule has 0 heterocycles. The first-order valence-electron chi connectivity index (χ1n) is 2.40. The van der Waals surface area contributed by atoms with Crippen LogP contribution in [0.2, 0.25) is 0 Å². The molecule has 0 aromatic rings. The first kappa shape index (κ1) is 7.84. The molecule has 0 aromatic heterocycles. The second-order valence-corrected chi connectivity index (χ2v) is 1.75. The summed E-state index contributed by atoms with van der Waals surface area (Å²) in [6.07, 6.45) is -0.854. The van der Waals surface area contributed by atoms with Gasteiger partial charge in [0.25, 0.3) is 0 Å². The smallest absolute Gasteiger partial charge is 0.115 e. The van der Waals surface area contributed by atoms with Crippen LogP contribution in [-0.2, 0) is 0 Å². The molecule has 0 saturated heterocycles. The van der Waals surface area contributed by atoms with E-state index in [1.165, 1.54) is 4.90 Å². The van der Waals surface area contributed by atoms with Gasteiger partial charge in [-0.2, -0.15) is 0 Å². The van der Waals surface area contributed by atoms with E-state index in [1.807, 2.05) is 0 Å². The van der Waals surface area contributed by atoms with Crippen LogP contribution in [0.1, 0.15) is 0 Å². The fourth-order valence-corrected chi connectivity index (χ4v) is 0.377. The lowest BCUT2D eigenvalue weighted by Crippen LogP contribution is -2.35. The second-order valence-electron chi connectivity index (χ2n) is 1.75. The van der Waals surface area contributed by atoms with Gasteiger partial charge >= 0.3 is 0 Å². The Morgan fingerprint density at radius 2 is 2.25 bits per heavy atom. The average Bonchev–Trinajstić information content (AvgIpc) is 1.65. The molecule has 0 spiro atoms. The van der Waals surface area contributed by atoms with E-state index < -0.39 is 6.23 Å². The Morgan fingerprint density at radius 3 is 2.38 bits per heavy atom. The highest BCUT2D eigenvalue weighted by Crippen LogP contribution is 1.78. The summed E-state index contributed by atoms with van der Waals surface area (Å²) >= 11 is 0. The fourth-order valence-electron chi connectivity index (χ4n) is 0.377. The molecule has 50 valence electrons. The lowest BCUT2D eigenvalue weighted by molar-refractivity contribution is 0.0731. The maximum absolute atomic E-state index is 8.48. The second kappa shape index (κ2) is 3.80. The number of aliphatic hydroxyl groups is 2. The Kier molecular flexibility index (Phi) is 3.72. The van der Waals surface area contributed by atoms with E-state index in [0.717, 1.165) is 0 Å². The van der Waals surface area contributed by atoms with E-state index in [-0.39, 0.29) is 6.73 Å². The van der Waals surface area contributed by atoms with Crippen molar-refractivity contribution < 1.29 is 10.2 Å². The number of nitrogens with zero attached hydrogens (tertiary/aromatic N) is 1. The third-order valence-electron chi connectivity index (χ3n) is 0.740. The van der Waals surface area contributed by atoms with Gasteiger partial charge < -0.3 is 15.9 Å². The van der Waals surface area contributed by atoms with Crippen molar-refractivity contribution in [1.82, 2.24) is 4.90 Å². The fraction of sp³-hybridized carbons (Fsp3) is 1.00. The Labute approximate surface area is 48.5 Å². The highest BCUT2D eigenvalue weighted by Gasteiger charge is 1.98. The quantitative estimate of drug-likeness (QED) is 0.382. The van der Waals surface area contributed by atoms with Crippen LogP contribution in [0.15, 0.2) is 0 Å². The van der Waals surface area contributed by atoms with Crippen LogP contribution >= 0.6 is 0 Å². The first-order chi connectivity index (χ1) is 3.66. The molecule has 1 unspecified atom stereocenters. The lowest BCUT2D eigenvalue weighted by Gasteiger charge is -2.13. The summed E-state index contributed by atoms with van der Waals surface area (Å²) in [5.74, 6) is 0. The molecule has 0 rings (SSSR count). The highest BCUT2D eigenvalue weighted by molar-refractivity contribution is 4.48. The first-order valence-corrected chi connectivity index (χ1v) is 2.40. The molecular weight excluding hydrogens is 108 g/mol. The highest BCUT2D eigenvalue weighted by atomic mass is 16.3. The van der Waals surface area contributed by atoms with E-state index in [0.29, 0.717) is 6.54 Å². The van der Waals surface area contributed by atoms with Gasteiger partial charge in [-0.05, 0) is 7.05 Å². The van der Waals surface area contributed by atoms with Crippen molar-refractivity contribution >= 4 is 0 Å². The predicted molar refractivity (Wildman–Crippen MR) is 29.9 cm³/mol. The van der Waals surface area contributed by atoms with E-state index >= 15 is 0 Å². The lowest BCUT2D eigenvalue weighted by atomic mass is 10.5. The van der Waals surface area contributed by atoms with Gasteiger partial charge in [0.2, 0.25) is 0 Å². The van der Waals surface area contributed by atoms with E-state index in [1.54, 1.807) is 7.05 Å². The standard InChI is InChI=1S/C4H12N2O2/c1-6(3-7)2-4(5)8/h4,7-8H,2-3,5H2,1H3. The average molecular weight is 120 g/mol. The van der Waals surface area contributed by atoms with Gasteiger partial charge in [-0.3, -0.25) is 4.90 Å². The minimum Gasteiger partial charge on any atom is -0.381 e. The Hall–Kier alpha value is -0.160.